The fraction of sp³-hybridized carbons (Fsp3) is 0.190. The smallest absolute Gasteiger partial charge is 0.322 e. The van der Waals surface area contributed by atoms with Crippen LogP contribution in [-0.4, -0.2) is 57.1 Å². The Morgan fingerprint density at radius 1 is 1.07 bits per heavy atom. The minimum absolute atomic E-state index is 0.158. The Kier molecular flexibility index (Phi) is 4.90. The molecule has 28 heavy (non-hydrogen) atoms. The molecule has 1 amide bonds. The van der Waals surface area contributed by atoms with Gasteiger partial charge in [-0.3, -0.25) is 9.59 Å². The maximum Gasteiger partial charge on any atom is 0.322 e. The van der Waals surface area contributed by atoms with E-state index in [1.54, 1.807) is 23.4 Å². The third-order valence-corrected chi connectivity index (χ3v) is 4.83. The van der Waals surface area contributed by atoms with Crippen molar-refractivity contribution in [3.8, 4) is 16.9 Å². The van der Waals surface area contributed by atoms with Gasteiger partial charge in [0, 0.05) is 42.6 Å². The van der Waals surface area contributed by atoms with Gasteiger partial charge in [-0.2, -0.15) is 0 Å². The molecule has 1 aliphatic heterocycles. The molecule has 7 heteroatoms. The van der Waals surface area contributed by atoms with Crippen LogP contribution < -0.4 is 5.32 Å². The molecule has 0 aliphatic carbocycles. The van der Waals surface area contributed by atoms with Gasteiger partial charge in [-0.25, -0.2) is 4.98 Å². The molecule has 2 aromatic carbocycles. The van der Waals surface area contributed by atoms with Crippen molar-refractivity contribution >= 4 is 11.9 Å². The zero-order chi connectivity index (χ0) is 19.5. The minimum atomic E-state index is -0.943. The van der Waals surface area contributed by atoms with Crippen LogP contribution in [0.15, 0.2) is 67.1 Å². The summed E-state index contributed by atoms with van der Waals surface area (Å²) < 4.78 is 1.95. The van der Waals surface area contributed by atoms with E-state index in [1.165, 1.54) is 0 Å². The lowest BCUT2D eigenvalue weighted by Crippen LogP contribution is -2.55. The van der Waals surface area contributed by atoms with E-state index in [0.717, 1.165) is 16.9 Å². The van der Waals surface area contributed by atoms with Crippen molar-refractivity contribution in [2.75, 3.05) is 19.6 Å². The number of carbonyl (C=O) groups is 2. The molecule has 142 valence electrons. The van der Waals surface area contributed by atoms with Crippen LogP contribution in [0.5, 0.6) is 0 Å². The van der Waals surface area contributed by atoms with E-state index >= 15 is 0 Å². The number of piperazine rings is 1. The standard InChI is InChI=1S/C21H20N4O3/c26-20(24-11-10-22-19(13-24)21(27)28)16-8-6-15(7-9-16)18-12-25(14-23-18)17-4-2-1-3-5-17/h1-9,12,14,19,22H,10-11,13H2,(H,27,28)/t19-/m1/s1. The van der Waals surface area contributed by atoms with Gasteiger partial charge in [-0.1, -0.05) is 30.3 Å². The summed E-state index contributed by atoms with van der Waals surface area (Å²) in [5, 5.41) is 12.0. The average molecular weight is 376 g/mol. The molecule has 0 saturated carbocycles. The first kappa shape index (κ1) is 17.9. The third-order valence-electron chi connectivity index (χ3n) is 4.83. The highest BCUT2D eigenvalue weighted by Crippen LogP contribution is 2.20. The number of aliphatic carboxylic acids is 1. The van der Waals surface area contributed by atoms with Crippen LogP contribution in [0, 0.1) is 0 Å². The van der Waals surface area contributed by atoms with E-state index in [1.807, 2.05) is 53.2 Å². The quantitative estimate of drug-likeness (QED) is 0.728. The molecule has 1 atom stereocenters. The molecule has 2 N–H and O–H groups in total. The summed E-state index contributed by atoms with van der Waals surface area (Å²) in [5.41, 5.74) is 3.29. The van der Waals surface area contributed by atoms with Gasteiger partial charge in [0.2, 0.25) is 0 Å². The highest BCUT2D eigenvalue weighted by Gasteiger charge is 2.28. The monoisotopic (exact) mass is 376 g/mol. The van der Waals surface area contributed by atoms with Gasteiger partial charge in [0.05, 0.1) is 12.0 Å². The van der Waals surface area contributed by atoms with Crippen LogP contribution in [-0.2, 0) is 4.79 Å². The minimum Gasteiger partial charge on any atom is -0.480 e. The lowest BCUT2D eigenvalue weighted by atomic mass is 10.1. The fourth-order valence-electron chi connectivity index (χ4n) is 3.28. The predicted octanol–water partition coefficient (Wildman–Crippen LogP) is 2.04. The Labute approximate surface area is 162 Å². The number of amides is 1. The number of rotatable bonds is 4. The van der Waals surface area contributed by atoms with Crippen molar-refractivity contribution in [3.63, 3.8) is 0 Å². The maximum absolute atomic E-state index is 12.7. The van der Waals surface area contributed by atoms with Gasteiger partial charge in [0.1, 0.15) is 6.04 Å². The number of hydrogen-bond acceptors (Lipinski definition) is 4. The lowest BCUT2D eigenvalue weighted by molar-refractivity contribution is -0.140. The highest BCUT2D eigenvalue weighted by molar-refractivity contribution is 5.95. The Balaban J connectivity index is 1.49. The molecule has 4 rings (SSSR count). The Morgan fingerprint density at radius 2 is 1.82 bits per heavy atom. The largest absolute Gasteiger partial charge is 0.480 e. The maximum atomic E-state index is 12.7. The molecule has 1 aliphatic rings. The van der Waals surface area contributed by atoms with Crippen LogP contribution in [0.25, 0.3) is 16.9 Å². The first-order valence-corrected chi connectivity index (χ1v) is 9.07. The van der Waals surface area contributed by atoms with Crippen LogP contribution in [0.3, 0.4) is 0 Å². The molecule has 0 radical (unpaired) electrons. The number of imidazole rings is 1. The summed E-state index contributed by atoms with van der Waals surface area (Å²) in [4.78, 5) is 29.9. The van der Waals surface area contributed by atoms with E-state index in [9.17, 15) is 9.59 Å². The third kappa shape index (κ3) is 3.65. The van der Waals surface area contributed by atoms with Crippen LogP contribution >= 0.6 is 0 Å². The van der Waals surface area contributed by atoms with E-state index in [0.29, 0.717) is 18.7 Å². The topological polar surface area (TPSA) is 87.5 Å². The summed E-state index contributed by atoms with van der Waals surface area (Å²) in [6.45, 7) is 1.13. The van der Waals surface area contributed by atoms with Crippen molar-refractivity contribution in [2.45, 2.75) is 6.04 Å². The van der Waals surface area contributed by atoms with Gasteiger partial charge in [-0.05, 0) is 24.3 Å². The van der Waals surface area contributed by atoms with E-state index in [-0.39, 0.29) is 12.5 Å². The first-order chi connectivity index (χ1) is 13.6. The predicted molar refractivity (Wildman–Crippen MR) is 104 cm³/mol. The fourth-order valence-corrected chi connectivity index (χ4v) is 3.28. The summed E-state index contributed by atoms with van der Waals surface area (Å²) in [6.07, 6.45) is 3.70. The van der Waals surface area contributed by atoms with Crippen molar-refractivity contribution in [3.05, 3.63) is 72.7 Å². The molecule has 1 saturated heterocycles. The SMILES string of the molecule is O=C(O)[C@H]1CN(C(=O)c2ccc(-c3cn(-c4ccccc4)cn3)cc2)CCN1. The van der Waals surface area contributed by atoms with Gasteiger partial charge in [0.15, 0.2) is 0 Å². The van der Waals surface area contributed by atoms with Crippen LogP contribution in [0.1, 0.15) is 10.4 Å². The van der Waals surface area contributed by atoms with Crippen molar-refractivity contribution in [2.24, 2.45) is 0 Å². The molecule has 3 aromatic rings. The number of carbonyl (C=O) groups excluding carboxylic acids is 1. The zero-order valence-corrected chi connectivity index (χ0v) is 15.2. The van der Waals surface area contributed by atoms with Gasteiger partial charge in [-0.15, -0.1) is 0 Å². The first-order valence-electron chi connectivity index (χ1n) is 9.07. The molecule has 0 bridgehead atoms. The number of benzene rings is 2. The van der Waals surface area contributed by atoms with E-state index in [2.05, 4.69) is 10.3 Å². The second kappa shape index (κ2) is 7.66. The molecule has 1 aromatic heterocycles. The van der Waals surface area contributed by atoms with Gasteiger partial charge < -0.3 is 19.9 Å². The number of carboxylic acids is 1. The molecule has 2 heterocycles. The second-order valence-electron chi connectivity index (χ2n) is 6.68. The lowest BCUT2D eigenvalue weighted by Gasteiger charge is -2.31. The van der Waals surface area contributed by atoms with Gasteiger partial charge >= 0.3 is 5.97 Å². The van der Waals surface area contributed by atoms with Crippen LogP contribution in [0.4, 0.5) is 0 Å². The number of para-hydroxylation sites is 1. The molecule has 0 spiro atoms. The number of carboxylic acid groups (broad SMARTS) is 1. The van der Waals surface area contributed by atoms with E-state index < -0.39 is 12.0 Å². The number of nitrogens with one attached hydrogen (secondary N) is 1. The summed E-state index contributed by atoms with van der Waals surface area (Å²) in [7, 11) is 0. The van der Waals surface area contributed by atoms with E-state index in [4.69, 9.17) is 5.11 Å². The van der Waals surface area contributed by atoms with Crippen molar-refractivity contribution in [1.82, 2.24) is 19.8 Å². The second-order valence-corrected chi connectivity index (χ2v) is 6.68. The van der Waals surface area contributed by atoms with Crippen LogP contribution in [0.2, 0.25) is 0 Å². The van der Waals surface area contributed by atoms with Gasteiger partial charge in [0.25, 0.3) is 5.91 Å². The highest BCUT2D eigenvalue weighted by atomic mass is 16.4. The molecule has 1 fully saturated rings. The number of aromatic nitrogens is 2. The Hall–Kier alpha value is -3.45. The molecular weight excluding hydrogens is 356 g/mol. The number of nitrogens with zero attached hydrogens (tertiary/aromatic N) is 3. The van der Waals surface area contributed by atoms with Crippen molar-refractivity contribution in [1.29, 1.82) is 0 Å². The molecule has 7 nitrogen and oxygen atoms in total. The summed E-state index contributed by atoms with van der Waals surface area (Å²) in [6, 6.07) is 16.4. The normalized spacial score (nSPS) is 16.7. The average Bonchev–Trinajstić information content (AvgIpc) is 3.24. The van der Waals surface area contributed by atoms with Crippen molar-refractivity contribution < 1.29 is 14.7 Å². The summed E-state index contributed by atoms with van der Waals surface area (Å²) in [5.74, 6) is -1.10. The Bertz CT molecular complexity index is 982. The Morgan fingerprint density at radius 3 is 2.54 bits per heavy atom. The summed E-state index contributed by atoms with van der Waals surface area (Å²) >= 11 is 0. The molecule has 0 unspecified atom stereocenters. The zero-order valence-electron chi connectivity index (χ0n) is 15.2. The molecular formula is C21H20N4O3. The number of hydrogen-bond donors (Lipinski definition) is 2.